The maximum atomic E-state index is 10.7. The van der Waals surface area contributed by atoms with Crippen LogP contribution in [0.15, 0.2) is 12.1 Å². The number of phenols is 1. The summed E-state index contributed by atoms with van der Waals surface area (Å²) in [6.07, 6.45) is 2.43. The maximum Gasteiger partial charge on any atom is 0.123 e. The molecule has 1 heterocycles. The zero-order chi connectivity index (χ0) is 15.1. The lowest BCUT2D eigenvalue weighted by molar-refractivity contribution is 0.421. The molecule has 2 N–H and O–H groups in total. The molecule has 0 unspecified atom stereocenters. The van der Waals surface area contributed by atoms with Gasteiger partial charge in [0.2, 0.25) is 0 Å². The third-order valence-electron chi connectivity index (χ3n) is 4.21. The highest BCUT2D eigenvalue weighted by molar-refractivity contribution is 5.50. The van der Waals surface area contributed by atoms with E-state index in [0.29, 0.717) is 11.8 Å². The molecule has 2 heteroatoms. The topological polar surface area (TPSA) is 32.3 Å². The van der Waals surface area contributed by atoms with Crippen LogP contribution >= 0.6 is 0 Å². The first-order valence-corrected chi connectivity index (χ1v) is 7.72. The van der Waals surface area contributed by atoms with E-state index in [0.717, 1.165) is 17.7 Å². The first-order valence-electron chi connectivity index (χ1n) is 7.72. The van der Waals surface area contributed by atoms with Crippen LogP contribution in [0.25, 0.3) is 0 Å². The monoisotopic (exact) mass is 275 g/mol. The smallest absolute Gasteiger partial charge is 0.123 e. The van der Waals surface area contributed by atoms with Gasteiger partial charge in [-0.15, -0.1) is 0 Å². The predicted octanol–water partition coefficient (Wildman–Crippen LogP) is 4.41. The van der Waals surface area contributed by atoms with Gasteiger partial charge in [0.1, 0.15) is 5.75 Å². The Morgan fingerprint density at radius 2 is 1.50 bits per heavy atom. The lowest BCUT2D eigenvalue weighted by atomic mass is 9.77. The Bertz CT molecular complexity index is 450. The molecule has 0 spiro atoms. The number of phenolic OH excluding ortho intramolecular Hbond substituents is 1. The summed E-state index contributed by atoms with van der Waals surface area (Å²) < 4.78 is 0. The minimum absolute atomic E-state index is 0.0430. The molecule has 2 rings (SSSR count). The van der Waals surface area contributed by atoms with Crippen molar-refractivity contribution in [2.75, 3.05) is 6.54 Å². The molecule has 0 aliphatic carbocycles. The average molecular weight is 275 g/mol. The lowest BCUT2D eigenvalue weighted by Crippen LogP contribution is -2.20. The fraction of sp³-hybridized carbons (Fsp3) is 0.667. The van der Waals surface area contributed by atoms with E-state index in [2.05, 4.69) is 59.0 Å². The van der Waals surface area contributed by atoms with Gasteiger partial charge in [-0.1, -0.05) is 41.5 Å². The second-order valence-electron chi connectivity index (χ2n) is 8.11. The molecule has 0 aromatic heterocycles. The van der Waals surface area contributed by atoms with Crippen molar-refractivity contribution in [3.8, 4) is 5.75 Å². The molecule has 0 bridgehead atoms. The number of hydrogen-bond acceptors (Lipinski definition) is 2. The van der Waals surface area contributed by atoms with E-state index >= 15 is 0 Å². The Kier molecular flexibility index (Phi) is 3.90. The van der Waals surface area contributed by atoms with Crippen molar-refractivity contribution in [3.63, 3.8) is 0 Å². The summed E-state index contributed by atoms with van der Waals surface area (Å²) in [5, 5.41) is 14.3. The minimum Gasteiger partial charge on any atom is -0.507 e. The van der Waals surface area contributed by atoms with Crippen LogP contribution in [-0.2, 0) is 10.8 Å². The second-order valence-corrected chi connectivity index (χ2v) is 8.11. The quantitative estimate of drug-likeness (QED) is 0.795. The van der Waals surface area contributed by atoms with Crippen molar-refractivity contribution in [1.82, 2.24) is 5.32 Å². The van der Waals surface area contributed by atoms with Gasteiger partial charge in [0.15, 0.2) is 0 Å². The van der Waals surface area contributed by atoms with E-state index in [-0.39, 0.29) is 10.8 Å². The lowest BCUT2D eigenvalue weighted by Gasteiger charge is -2.29. The molecule has 112 valence electrons. The Hall–Kier alpha value is -1.02. The van der Waals surface area contributed by atoms with E-state index in [1.165, 1.54) is 18.4 Å². The van der Waals surface area contributed by atoms with E-state index in [9.17, 15) is 5.11 Å². The molecule has 20 heavy (non-hydrogen) atoms. The molecule has 1 aliphatic heterocycles. The summed E-state index contributed by atoms with van der Waals surface area (Å²) in [7, 11) is 0. The summed E-state index contributed by atoms with van der Waals surface area (Å²) >= 11 is 0. The highest BCUT2D eigenvalue weighted by Gasteiger charge is 2.28. The molecule has 1 aromatic carbocycles. The predicted molar refractivity (Wildman–Crippen MR) is 85.5 cm³/mol. The van der Waals surface area contributed by atoms with E-state index in [1.807, 2.05) is 0 Å². The third kappa shape index (κ3) is 3.01. The first-order chi connectivity index (χ1) is 9.10. The second kappa shape index (κ2) is 5.07. The number of aromatic hydroxyl groups is 1. The molecule has 2 nitrogen and oxygen atoms in total. The summed E-state index contributed by atoms with van der Waals surface area (Å²) in [6.45, 7) is 14.1. The molecule has 1 aromatic rings. The minimum atomic E-state index is -0.0430. The summed E-state index contributed by atoms with van der Waals surface area (Å²) in [4.78, 5) is 0. The van der Waals surface area contributed by atoms with Gasteiger partial charge in [-0.3, -0.25) is 0 Å². The molecular formula is C18H29NO. The van der Waals surface area contributed by atoms with E-state index in [1.54, 1.807) is 0 Å². The Morgan fingerprint density at radius 3 is 1.85 bits per heavy atom. The van der Waals surface area contributed by atoms with Crippen LogP contribution in [0.3, 0.4) is 0 Å². The van der Waals surface area contributed by atoms with Crippen LogP contribution in [0.4, 0.5) is 0 Å². The standard InChI is InChI=1S/C18H29NO/c1-17(2,3)13-10-12(15-8-7-9-19-15)11-14(16(13)20)18(4,5)6/h10-11,15,19-20H,7-9H2,1-6H3/t15-/m1/s1. The number of hydrogen-bond donors (Lipinski definition) is 2. The zero-order valence-corrected chi connectivity index (χ0v) is 13.8. The SMILES string of the molecule is CC(C)(C)c1cc([C@H]2CCCN2)cc(C(C)(C)C)c1O. The van der Waals surface area contributed by atoms with E-state index < -0.39 is 0 Å². The van der Waals surface area contributed by atoms with Gasteiger partial charge in [-0.05, 0) is 59.0 Å². The van der Waals surface area contributed by atoms with Gasteiger partial charge >= 0.3 is 0 Å². The molecule has 1 fully saturated rings. The molecule has 0 amide bonds. The van der Waals surface area contributed by atoms with Gasteiger partial charge in [0.05, 0.1) is 0 Å². The normalized spacial score (nSPS) is 20.4. The van der Waals surface area contributed by atoms with Gasteiger partial charge in [-0.25, -0.2) is 0 Å². The fourth-order valence-electron chi connectivity index (χ4n) is 2.97. The van der Waals surface area contributed by atoms with Crippen molar-refractivity contribution in [2.24, 2.45) is 0 Å². The van der Waals surface area contributed by atoms with Crippen LogP contribution in [0.1, 0.15) is 77.1 Å². The molecule has 0 saturated carbocycles. The molecule has 1 aliphatic rings. The third-order valence-corrected chi connectivity index (χ3v) is 4.21. The van der Waals surface area contributed by atoms with Crippen LogP contribution < -0.4 is 5.32 Å². The largest absolute Gasteiger partial charge is 0.507 e. The molecule has 0 radical (unpaired) electrons. The van der Waals surface area contributed by atoms with Gasteiger partial charge in [0.25, 0.3) is 0 Å². The van der Waals surface area contributed by atoms with Crippen molar-refractivity contribution >= 4 is 0 Å². The first kappa shape index (κ1) is 15.4. The molecule has 1 atom stereocenters. The van der Waals surface area contributed by atoms with Crippen LogP contribution in [0, 0.1) is 0 Å². The Labute approximate surface area is 123 Å². The number of benzene rings is 1. The average Bonchev–Trinajstić information content (AvgIpc) is 2.79. The summed E-state index contributed by atoms with van der Waals surface area (Å²) in [6, 6.07) is 4.85. The van der Waals surface area contributed by atoms with Crippen LogP contribution in [0.5, 0.6) is 5.75 Å². The van der Waals surface area contributed by atoms with Gasteiger partial charge < -0.3 is 10.4 Å². The maximum absolute atomic E-state index is 10.7. The summed E-state index contributed by atoms with van der Waals surface area (Å²) in [5.74, 6) is 0.478. The van der Waals surface area contributed by atoms with Gasteiger partial charge in [-0.2, -0.15) is 0 Å². The van der Waals surface area contributed by atoms with E-state index in [4.69, 9.17) is 0 Å². The Balaban J connectivity index is 2.60. The number of rotatable bonds is 1. The fourth-order valence-corrected chi connectivity index (χ4v) is 2.97. The zero-order valence-electron chi connectivity index (χ0n) is 13.8. The van der Waals surface area contributed by atoms with Crippen LogP contribution in [0.2, 0.25) is 0 Å². The van der Waals surface area contributed by atoms with Crippen molar-refractivity contribution in [3.05, 3.63) is 28.8 Å². The highest BCUT2D eigenvalue weighted by atomic mass is 16.3. The van der Waals surface area contributed by atoms with Crippen molar-refractivity contribution < 1.29 is 5.11 Å². The molecule has 1 saturated heterocycles. The van der Waals surface area contributed by atoms with Gasteiger partial charge in [0, 0.05) is 6.04 Å². The van der Waals surface area contributed by atoms with Crippen molar-refractivity contribution in [1.29, 1.82) is 0 Å². The number of nitrogens with one attached hydrogen (secondary N) is 1. The van der Waals surface area contributed by atoms with Crippen LogP contribution in [-0.4, -0.2) is 11.7 Å². The Morgan fingerprint density at radius 1 is 1.00 bits per heavy atom. The molecular weight excluding hydrogens is 246 g/mol. The summed E-state index contributed by atoms with van der Waals surface area (Å²) in [5.41, 5.74) is 3.37. The van der Waals surface area contributed by atoms with Crippen molar-refractivity contribution in [2.45, 2.75) is 71.3 Å². The highest BCUT2D eigenvalue weighted by Crippen LogP contribution is 2.41.